The second-order valence-electron chi connectivity index (χ2n) is 5.01. The number of carbonyl (C=O) groups excluding carboxylic acids is 1. The molecule has 0 unspecified atom stereocenters. The average Bonchev–Trinajstić information content (AvgIpc) is 2.48. The third kappa shape index (κ3) is 3.20. The zero-order valence-electron chi connectivity index (χ0n) is 12.0. The second kappa shape index (κ2) is 6.64. The van der Waals surface area contributed by atoms with Crippen LogP contribution in [0.5, 0.6) is 5.75 Å². The van der Waals surface area contributed by atoms with Gasteiger partial charge in [0.15, 0.2) is 0 Å². The van der Waals surface area contributed by atoms with Gasteiger partial charge in [0.05, 0.1) is 17.2 Å². The van der Waals surface area contributed by atoms with Crippen LogP contribution in [0.15, 0.2) is 12.1 Å². The number of nitrogens with zero attached hydrogens (tertiary/aromatic N) is 1. The first-order valence-electron chi connectivity index (χ1n) is 6.57. The van der Waals surface area contributed by atoms with Crippen molar-refractivity contribution in [1.82, 2.24) is 4.90 Å². The van der Waals surface area contributed by atoms with Gasteiger partial charge in [-0.2, -0.15) is 0 Å². The van der Waals surface area contributed by atoms with Crippen LogP contribution < -0.4 is 4.74 Å². The van der Waals surface area contributed by atoms with E-state index in [1.807, 2.05) is 0 Å². The third-order valence-corrected chi connectivity index (χ3v) is 4.54. The number of carboxylic acid groups (broad SMARTS) is 2. The number of likely N-dealkylation sites (tertiary alicyclic amines) is 1. The van der Waals surface area contributed by atoms with E-state index in [1.165, 1.54) is 13.2 Å². The molecule has 2 rings (SSSR count). The fraction of sp³-hybridized carbons (Fsp3) is 0.357. The van der Waals surface area contributed by atoms with Crippen LogP contribution in [-0.4, -0.2) is 46.2 Å². The molecule has 0 bridgehead atoms. The largest absolute Gasteiger partial charge is 0.496 e. The molecule has 7 nitrogen and oxygen atoms in total. The highest BCUT2D eigenvalue weighted by molar-refractivity contribution is 6.42. The second-order valence-corrected chi connectivity index (χ2v) is 5.80. The Balaban J connectivity index is 2.47. The minimum Gasteiger partial charge on any atom is -0.496 e. The van der Waals surface area contributed by atoms with Crippen LogP contribution in [0.4, 0.5) is 4.79 Å². The van der Waals surface area contributed by atoms with Crippen molar-refractivity contribution in [3.63, 3.8) is 0 Å². The summed E-state index contributed by atoms with van der Waals surface area (Å²) < 4.78 is 5.21. The van der Waals surface area contributed by atoms with Crippen LogP contribution in [0, 0.1) is 0 Å². The summed E-state index contributed by atoms with van der Waals surface area (Å²) in [7, 11) is 1.41. The number of aliphatic carboxylic acids is 1. The van der Waals surface area contributed by atoms with E-state index in [0.29, 0.717) is 16.2 Å². The molecule has 23 heavy (non-hydrogen) atoms. The van der Waals surface area contributed by atoms with E-state index in [0.717, 1.165) is 0 Å². The van der Waals surface area contributed by atoms with Crippen LogP contribution in [0.25, 0.3) is 0 Å². The van der Waals surface area contributed by atoms with Crippen molar-refractivity contribution in [2.24, 2.45) is 0 Å². The Morgan fingerprint density at radius 2 is 1.96 bits per heavy atom. The minimum absolute atomic E-state index is 0.107. The average molecular weight is 362 g/mol. The van der Waals surface area contributed by atoms with Gasteiger partial charge in [-0.25, -0.2) is 14.5 Å². The summed E-state index contributed by atoms with van der Waals surface area (Å²) in [6.07, 6.45) is -1.90. The van der Waals surface area contributed by atoms with E-state index in [2.05, 4.69) is 0 Å². The lowest BCUT2D eigenvalue weighted by atomic mass is 9.84. The summed E-state index contributed by atoms with van der Waals surface area (Å²) in [4.78, 5) is 34.9. The molecule has 2 N–H and O–H groups in total. The van der Waals surface area contributed by atoms with E-state index >= 15 is 0 Å². The molecule has 1 heterocycles. The summed E-state index contributed by atoms with van der Waals surface area (Å²) in [6.45, 7) is 0. The molecule has 0 saturated carbocycles. The highest BCUT2D eigenvalue weighted by Gasteiger charge is 2.43. The molecule has 0 aliphatic carbocycles. The molecule has 1 fully saturated rings. The molecule has 1 aliphatic rings. The summed E-state index contributed by atoms with van der Waals surface area (Å²) in [5, 5.41) is 18.7. The first-order chi connectivity index (χ1) is 10.8. The van der Waals surface area contributed by atoms with Crippen LogP contribution in [-0.2, 0) is 9.59 Å². The molecule has 1 aromatic carbocycles. The molecular weight excluding hydrogens is 349 g/mol. The van der Waals surface area contributed by atoms with Crippen molar-refractivity contribution >= 4 is 41.2 Å². The van der Waals surface area contributed by atoms with Crippen molar-refractivity contribution in [2.75, 3.05) is 7.11 Å². The first kappa shape index (κ1) is 17.4. The maximum atomic E-state index is 12.1. The lowest BCUT2D eigenvalue weighted by Gasteiger charge is -2.34. The molecule has 0 aromatic heterocycles. The van der Waals surface area contributed by atoms with E-state index in [4.69, 9.17) is 33.0 Å². The topological polar surface area (TPSA) is 104 Å². The molecule has 2 atom stereocenters. The van der Waals surface area contributed by atoms with Crippen molar-refractivity contribution in [1.29, 1.82) is 0 Å². The molecule has 0 spiro atoms. The Hall–Kier alpha value is -1.99. The van der Waals surface area contributed by atoms with Crippen molar-refractivity contribution < 1.29 is 29.3 Å². The Kier molecular flexibility index (Phi) is 5.01. The number of methoxy groups -OCH3 is 1. The summed E-state index contributed by atoms with van der Waals surface area (Å²) >= 11 is 12.2. The van der Waals surface area contributed by atoms with Crippen LogP contribution in [0.3, 0.4) is 0 Å². The lowest BCUT2D eigenvalue weighted by Crippen LogP contribution is -2.52. The third-order valence-electron chi connectivity index (χ3n) is 3.72. The van der Waals surface area contributed by atoms with Gasteiger partial charge in [-0.3, -0.25) is 4.79 Å². The molecule has 9 heteroatoms. The Bertz CT molecular complexity index is 677. The fourth-order valence-corrected chi connectivity index (χ4v) is 3.19. The number of hydrogen-bond acceptors (Lipinski definition) is 4. The summed E-state index contributed by atoms with van der Waals surface area (Å²) in [6, 6.07) is 1.60. The number of imide groups is 1. The number of piperidine rings is 1. The normalized spacial score (nSPS) is 21.2. The van der Waals surface area contributed by atoms with E-state index in [1.54, 1.807) is 6.07 Å². The maximum Gasteiger partial charge on any atom is 0.414 e. The van der Waals surface area contributed by atoms with Gasteiger partial charge in [-0.05, 0) is 18.6 Å². The van der Waals surface area contributed by atoms with Gasteiger partial charge in [0.2, 0.25) is 5.91 Å². The smallest absolute Gasteiger partial charge is 0.414 e. The highest BCUT2D eigenvalue weighted by Crippen LogP contribution is 2.43. The number of carboxylic acids is 1. The van der Waals surface area contributed by atoms with Crippen LogP contribution in [0.1, 0.15) is 24.3 Å². The zero-order valence-corrected chi connectivity index (χ0v) is 13.5. The zero-order chi connectivity index (χ0) is 17.3. The fourth-order valence-electron chi connectivity index (χ4n) is 2.72. The van der Waals surface area contributed by atoms with Crippen molar-refractivity contribution in [3.05, 3.63) is 27.7 Å². The maximum absolute atomic E-state index is 12.1. The quantitative estimate of drug-likeness (QED) is 0.857. The lowest BCUT2D eigenvalue weighted by molar-refractivity contribution is -0.151. The number of carbonyl (C=O) groups is 3. The van der Waals surface area contributed by atoms with Gasteiger partial charge in [-0.1, -0.05) is 23.2 Å². The van der Waals surface area contributed by atoms with Gasteiger partial charge in [0.1, 0.15) is 11.8 Å². The van der Waals surface area contributed by atoms with Crippen molar-refractivity contribution in [3.8, 4) is 5.75 Å². The van der Waals surface area contributed by atoms with E-state index in [9.17, 15) is 19.5 Å². The SMILES string of the molecule is COc1ccc(Cl)c(Cl)c1[C@@H]1CC(=O)N(C(=O)O)[C@H](C(=O)O)C1. The molecule has 1 aromatic rings. The van der Waals surface area contributed by atoms with Gasteiger partial charge < -0.3 is 14.9 Å². The number of benzene rings is 1. The van der Waals surface area contributed by atoms with Gasteiger partial charge in [-0.15, -0.1) is 0 Å². The number of rotatable bonds is 3. The molecular formula is C14H13Cl2NO6. The number of amides is 2. The summed E-state index contributed by atoms with van der Waals surface area (Å²) in [5.41, 5.74) is 0.409. The highest BCUT2D eigenvalue weighted by atomic mass is 35.5. The van der Waals surface area contributed by atoms with Crippen LogP contribution in [0.2, 0.25) is 10.0 Å². The van der Waals surface area contributed by atoms with Gasteiger partial charge in [0.25, 0.3) is 0 Å². The Morgan fingerprint density at radius 1 is 1.30 bits per heavy atom. The van der Waals surface area contributed by atoms with E-state index < -0.39 is 29.9 Å². The molecule has 2 amide bonds. The van der Waals surface area contributed by atoms with Gasteiger partial charge in [0, 0.05) is 17.9 Å². The van der Waals surface area contributed by atoms with Crippen molar-refractivity contribution in [2.45, 2.75) is 24.8 Å². The Morgan fingerprint density at radius 3 is 2.48 bits per heavy atom. The standard InChI is InChI=1S/C14H13Cl2NO6/c1-23-9-3-2-7(15)12(16)11(9)6-4-8(13(19)20)17(14(21)22)10(18)5-6/h2-3,6,8H,4-5H2,1H3,(H,19,20)(H,21,22)/t6-,8-/m0/s1. The first-order valence-corrected chi connectivity index (χ1v) is 7.33. The summed E-state index contributed by atoms with van der Waals surface area (Å²) in [5.74, 6) is -2.45. The predicted octanol–water partition coefficient (Wildman–Crippen LogP) is 2.84. The molecule has 0 radical (unpaired) electrons. The number of halogens is 2. The van der Waals surface area contributed by atoms with Crippen LogP contribution >= 0.6 is 23.2 Å². The number of hydrogen-bond donors (Lipinski definition) is 2. The molecule has 124 valence electrons. The number of ether oxygens (including phenoxy) is 1. The monoisotopic (exact) mass is 361 g/mol. The predicted molar refractivity (Wildman–Crippen MR) is 81.3 cm³/mol. The Labute approximate surface area is 141 Å². The van der Waals surface area contributed by atoms with E-state index in [-0.39, 0.29) is 22.9 Å². The van der Waals surface area contributed by atoms with Gasteiger partial charge >= 0.3 is 12.1 Å². The minimum atomic E-state index is -1.59. The molecule has 1 aliphatic heterocycles. The molecule has 1 saturated heterocycles.